The summed E-state index contributed by atoms with van der Waals surface area (Å²) in [5.74, 6) is 0.476. The second kappa shape index (κ2) is 5.24. The smallest absolute Gasteiger partial charge is 0.251 e. The fraction of sp³-hybridized carbons (Fsp3) is 0.278. The van der Waals surface area contributed by atoms with E-state index in [1.165, 1.54) is 5.56 Å². The summed E-state index contributed by atoms with van der Waals surface area (Å²) in [6.45, 7) is 6.37. The van der Waals surface area contributed by atoms with Crippen LogP contribution in [0.15, 0.2) is 42.5 Å². The zero-order chi connectivity index (χ0) is 15.0. The van der Waals surface area contributed by atoms with Crippen molar-refractivity contribution in [2.24, 2.45) is 0 Å². The number of rotatable bonds is 3. The van der Waals surface area contributed by atoms with E-state index in [0.717, 1.165) is 22.5 Å². The third-order valence-corrected chi connectivity index (χ3v) is 3.90. The van der Waals surface area contributed by atoms with Crippen molar-refractivity contribution in [3.05, 3.63) is 59.2 Å². The van der Waals surface area contributed by atoms with E-state index in [1.54, 1.807) is 0 Å². The fourth-order valence-corrected chi connectivity index (χ4v) is 2.68. The molecule has 0 radical (unpaired) electrons. The van der Waals surface area contributed by atoms with Gasteiger partial charge in [-0.3, -0.25) is 4.79 Å². The van der Waals surface area contributed by atoms with Crippen molar-refractivity contribution in [2.75, 3.05) is 10.6 Å². The molecule has 2 aromatic carbocycles. The highest BCUT2D eigenvalue weighted by molar-refractivity contribution is 6.04. The van der Waals surface area contributed by atoms with E-state index >= 15 is 0 Å². The Morgan fingerprint density at radius 1 is 1.14 bits per heavy atom. The zero-order valence-corrected chi connectivity index (χ0v) is 12.6. The van der Waals surface area contributed by atoms with Crippen molar-refractivity contribution in [1.29, 1.82) is 0 Å². The number of hydrogen-bond donors (Lipinski definition) is 2. The summed E-state index contributed by atoms with van der Waals surface area (Å²) >= 11 is 0. The fourth-order valence-electron chi connectivity index (χ4n) is 2.68. The Morgan fingerprint density at radius 2 is 1.95 bits per heavy atom. The molecule has 0 saturated carbocycles. The highest BCUT2D eigenvalue weighted by Gasteiger charge is 2.30. The van der Waals surface area contributed by atoms with Crippen LogP contribution in [0.4, 0.5) is 11.4 Å². The normalized spacial score (nSPS) is 16.8. The zero-order valence-electron chi connectivity index (χ0n) is 12.6. The predicted octanol–water partition coefficient (Wildman–Crippen LogP) is 4.22. The van der Waals surface area contributed by atoms with Gasteiger partial charge in [-0.2, -0.15) is 0 Å². The Morgan fingerprint density at radius 3 is 2.71 bits per heavy atom. The van der Waals surface area contributed by atoms with Crippen LogP contribution >= 0.6 is 0 Å². The van der Waals surface area contributed by atoms with Gasteiger partial charge in [0.2, 0.25) is 0 Å². The van der Waals surface area contributed by atoms with E-state index in [9.17, 15) is 4.79 Å². The standard InChI is InChI=1S/C18H20N2O/c1-11(2)13-5-4-6-14(10-13)19-17-15-9-12(3)7-8-16(15)20-18(17)21/h4-11,17,19H,1-3H3,(H,20,21). The SMILES string of the molecule is Cc1ccc2c(c1)C(Nc1cccc(C(C)C)c1)C(=O)N2. The molecule has 1 atom stereocenters. The van der Waals surface area contributed by atoms with Crippen molar-refractivity contribution in [3.8, 4) is 0 Å². The van der Waals surface area contributed by atoms with Crippen LogP contribution < -0.4 is 10.6 Å². The van der Waals surface area contributed by atoms with Crippen LogP contribution in [0, 0.1) is 6.92 Å². The van der Waals surface area contributed by atoms with Crippen LogP contribution in [0.3, 0.4) is 0 Å². The Hall–Kier alpha value is -2.29. The van der Waals surface area contributed by atoms with Crippen molar-refractivity contribution in [1.82, 2.24) is 0 Å². The molecule has 0 spiro atoms. The minimum Gasteiger partial charge on any atom is -0.370 e. The van der Waals surface area contributed by atoms with E-state index < -0.39 is 0 Å². The second-order valence-electron chi connectivity index (χ2n) is 5.94. The second-order valence-corrected chi connectivity index (χ2v) is 5.94. The first-order chi connectivity index (χ1) is 10.0. The molecule has 21 heavy (non-hydrogen) atoms. The molecule has 0 aliphatic carbocycles. The van der Waals surface area contributed by atoms with Gasteiger partial charge in [0.15, 0.2) is 0 Å². The van der Waals surface area contributed by atoms with Gasteiger partial charge in [0.25, 0.3) is 5.91 Å². The summed E-state index contributed by atoms with van der Waals surface area (Å²) in [5, 5.41) is 6.29. The number of carbonyl (C=O) groups is 1. The van der Waals surface area contributed by atoms with Gasteiger partial charge in [-0.15, -0.1) is 0 Å². The number of amides is 1. The number of anilines is 2. The van der Waals surface area contributed by atoms with E-state index in [-0.39, 0.29) is 11.9 Å². The average molecular weight is 280 g/mol. The van der Waals surface area contributed by atoms with Gasteiger partial charge in [0.1, 0.15) is 6.04 Å². The number of fused-ring (bicyclic) bond motifs is 1. The molecule has 1 unspecified atom stereocenters. The minimum atomic E-state index is -0.317. The summed E-state index contributed by atoms with van der Waals surface area (Å²) in [7, 11) is 0. The van der Waals surface area contributed by atoms with Gasteiger partial charge >= 0.3 is 0 Å². The van der Waals surface area contributed by atoms with Gasteiger partial charge < -0.3 is 10.6 Å². The van der Waals surface area contributed by atoms with Crippen LogP contribution in [-0.2, 0) is 4.79 Å². The van der Waals surface area contributed by atoms with Crippen LogP contribution in [0.25, 0.3) is 0 Å². The molecule has 1 aliphatic heterocycles. The Kier molecular flexibility index (Phi) is 3.42. The first-order valence-corrected chi connectivity index (χ1v) is 7.32. The number of aryl methyl sites for hydroxylation is 1. The molecule has 0 saturated heterocycles. The predicted molar refractivity (Wildman–Crippen MR) is 86.7 cm³/mol. The number of nitrogens with one attached hydrogen (secondary N) is 2. The van der Waals surface area contributed by atoms with Crippen LogP contribution in [0.2, 0.25) is 0 Å². The molecule has 2 aromatic rings. The molecule has 1 heterocycles. The molecule has 2 N–H and O–H groups in total. The molecule has 3 nitrogen and oxygen atoms in total. The Bertz CT molecular complexity index is 691. The summed E-state index contributed by atoms with van der Waals surface area (Å²) in [5.41, 5.74) is 5.34. The molecule has 0 bridgehead atoms. The van der Waals surface area contributed by atoms with Crippen LogP contribution in [0.1, 0.15) is 42.5 Å². The maximum absolute atomic E-state index is 12.2. The van der Waals surface area contributed by atoms with Gasteiger partial charge in [0, 0.05) is 16.9 Å². The lowest BCUT2D eigenvalue weighted by molar-refractivity contribution is -0.116. The van der Waals surface area contributed by atoms with E-state index in [4.69, 9.17) is 0 Å². The van der Waals surface area contributed by atoms with Crippen LogP contribution in [-0.4, -0.2) is 5.91 Å². The quantitative estimate of drug-likeness (QED) is 0.883. The first kappa shape index (κ1) is 13.7. The molecule has 3 rings (SSSR count). The van der Waals surface area contributed by atoms with Crippen LogP contribution in [0.5, 0.6) is 0 Å². The average Bonchev–Trinajstić information content (AvgIpc) is 2.75. The topological polar surface area (TPSA) is 41.1 Å². The van der Waals surface area contributed by atoms with Crippen molar-refractivity contribution < 1.29 is 4.79 Å². The first-order valence-electron chi connectivity index (χ1n) is 7.32. The number of hydrogen-bond acceptors (Lipinski definition) is 2. The maximum Gasteiger partial charge on any atom is 0.251 e. The van der Waals surface area contributed by atoms with Gasteiger partial charge in [0.05, 0.1) is 0 Å². The van der Waals surface area contributed by atoms with Crippen molar-refractivity contribution >= 4 is 17.3 Å². The molecule has 0 fully saturated rings. The highest BCUT2D eigenvalue weighted by atomic mass is 16.2. The van der Waals surface area contributed by atoms with E-state index in [1.807, 2.05) is 31.2 Å². The maximum atomic E-state index is 12.2. The van der Waals surface area contributed by atoms with Crippen molar-refractivity contribution in [2.45, 2.75) is 32.7 Å². The van der Waals surface area contributed by atoms with Gasteiger partial charge in [-0.25, -0.2) is 0 Å². The van der Waals surface area contributed by atoms with Gasteiger partial charge in [-0.1, -0.05) is 43.7 Å². The van der Waals surface area contributed by atoms with E-state index in [2.05, 4.69) is 42.7 Å². The lowest BCUT2D eigenvalue weighted by Gasteiger charge is -2.15. The summed E-state index contributed by atoms with van der Waals surface area (Å²) in [6.07, 6.45) is 0. The molecule has 3 heteroatoms. The third-order valence-electron chi connectivity index (χ3n) is 3.90. The third kappa shape index (κ3) is 2.64. The summed E-state index contributed by atoms with van der Waals surface area (Å²) in [4.78, 5) is 12.2. The highest BCUT2D eigenvalue weighted by Crippen LogP contribution is 2.34. The Balaban J connectivity index is 1.90. The lowest BCUT2D eigenvalue weighted by Crippen LogP contribution is -2.19. The molecule has 0 aromatic heterocycles. The number of carbonyl (C=O) groups excluding carboxylic acids is 1. The summed E-state index contributed by atoms with van der Waals surface area (Å²) < 4.78 is 0. The van der Waals surface area contributed by atoms with E-state index in [0.29, 0.717) is 5.92 Å². The Labute approximate surface area is 125 Å². The molecule has 108 valence electrons. The molecule has 1 aliphatic rings. The van der Waals surface area contributed by atoms with Crippen molar-refractivity contribution in [3.63, 3.8) is 0 Å². The minimum absolute atomic E-state index is 0.00514. The molecular formula is C18H20N2O. The summed E-state index contributed by atoms with van der Waals surface area (Å²) in [6, 6.07) is 14.0. The van der Waals surface area contributed by atoms with Gasteiger partial charge in [-0.05, 0) is 36.6 Å². The monoisotopic (exact) mass is 280 g/mol. The largest absolute Gasteiger partial charge is 0.370 e. The number of benzene rings is 2. The molecule has 1 amide bonds. The molecular weight excluding hydrogens is 260 g/mol. The lowest BCUT2D eigenvalue weighted by atomic mass is 10.0.